The Morgan fingerprint density at radius 3 is 2.58 bits per heavy atom. The lowest BCUT2D eigenvalue weighted by Gasteiger charge is -2.18. The van der Waals surface area contributed by atoms with Gasteiger partial charge in [0.05, 0.1) is 0 Å². The van der Waals surface area contributed by atoms with Crippen LogP contribution in [0.5, 0.6) is 0 Å². The van der Waals surface area contributed by atoms with Gasteiger partial charge >= 0.3 is 0 Å². The van der Waals surface area contributed by atoms with Crippen molar-refractivity contribution in [2.24, 2.45) is 0 Å². The quantitative estimate of drug-likeness (QED) is 0.867. The Bertz CT molecular complexity index is 572. The van der Waals surface area contributed by atoms with Gasteiger partial charge in [0.15, 0.2) is 0 Å². The fraction of sp³-hybridized carbons (Fsp3) is 0.200. The molecule has 0 aliphatic rings. The molecular weight excluding hydrogens is 284 g/mol. The van der Waals surface area contributed by atoms with Crippen LogP contribution in [0.2, 0.25) is 10.0 Å². The summed E-state index contributed by atoms with van der Waals surface area (Å²) in [5, 5.41) is 4.40. The van der Waals surface area contributed by atoms with Crippen LogP contribution in [0.15, 0.2) is 42.5 Å². The maximum atomic E-state index is 13.7. The van der Waals surface area contributed by atoms with Crippen LogP contribution in [0.1, 0.15) is 17.2 Å². The molecule has 2 rings (SSSR count). The van der Waals surface area contributed by atoms with Gasteiger partial charge in [-0.1, -0.05) is 41.4 Å². The summed E-state index contributed by atoms with van der Waals surface area (Å²) in [6, 6.07) is 12.0. The zero-order valence-corrected chi connectivity index (χ0v) is 12.0. The molecule has 0 bridgehead atoms. The number of hydrogen-bond acceptors (Lipinski definition) is 1. The minimum atomic E-state index is -0.207. The largest absolute Gasteiger partial charge is 0.313 e. The number of nitrogens with one attached hydrogen (secondary N) is 1. The molecule has 0 aromatic heterocycles. The number of likely N-dealkylation sites (N-methyl/N-ethyl adjacent to an activating group) is 1. The van der Waals surface area contributed by atoms with Gasteiger partial charge in [0.2, 0.25) is 0 Å². The first-order chi connectivity index (χ1) is 9.11. The van der Waals surface area contributed by atoms with Crippen LogP contribution in [-0.4, -0.2) is 7.05 Å². The van der Waals surface area contributed by atoms with E-state index in [1.165, 1.54) is 6.07 Å². The molecule has 100 valence electrons. The summed E-state index contributed by atoms with van der Waals surface area (Å²) in [5.74, 6) is -0.207. The topological polar surface area (TPSA) is 12.0 Å². The first kappa shape index (κ1) is 14.3. The predicted octanol–water partition coefficient (Wildman–Crippen LogP) is 4.64. The number of halogens is 3. The smallest absolute Gasteiger partial charge is 0.126 e. The van der Waals surface area contributed by atoms with Gasteiger partial charge in [0, 0.05) is 16.1 Å². The van der Waals surface area contributed by atoms with Crippen LogP contribution in [0.3, 0.4) is 0 Å². The van der Waals surface area contributed by atoms with Crippen LogP contribution in [-0.2, 0) is 6.42 Å². The minimum absolute atomic E-state index is 0.0805. The second-order valence-electron chi connectivity index (χ2n) is 4.30. The molecule has 0 heterocycles. The first-order valence-corrected chi connectivity index (χ1v) is 6.73. The fourth-order valence-electron chi connectivity index (χ4n) is 2.03. The summed E-state index contributed by atoms with van der Waals surface area (Å²) in [5.41, 5.74) is 1.53. The highest BCUT2D eigenvalue weighted by Gasteiger charge is 2.15. The van der Waals surface area contributed by atoms with Crippen molar-refractivity contribution in [3.05, 3.63) is 69.5 Å². The molecule has 2 aromatic rings. The van der Waals surface area contributed by atoms with Gasteiger partial charge in [-0.3, -0.25) is 0 Å². The Morgan fingerprint density at radius 1 is 1.16 bits per heavy atom. The molecule has 2 aromatic carbocycles. The van der Waals surface area contributed by atoms with E-state index in [-0.39, 0.29) is 11.9 Å². The van der Waals surface area contributed by atoms with E-state index in [4.69, 9.17) is 23.2 Å². The minimum Gasteiger partial charge on any atom is -0.313 e. The Morgan fingerprint density at radius 2 is 1.89 bits per heavy atom. The molecule has 0 spiro atoms. The lowest BCUT2D eigenvalue weighted by atomic mass is 9.98. The van der Waals surface area contributed by atoms with Gasteiger partial charge < -0.3 is 5.32 Å². The number of hydrogen-bond donors (Lipinski definition) is 1. The molecule has 4 heteroatoms. The van der Waals surface area contributed by atoms with Gasteiger partial charge in [-0.25, -0.2) is 4.39 Å². The van der Waals surface area contributed by atoms with E-state index in [1.807, 2.05) is 19.2 Å². The monoisotopic (exact) mass is 297 g/mol. The van der Waals surface area contributed by atoms with Crippen molar-refractivity contribution in [1.82, 2.24) is 5.32 Å². The zero-order chi connectivity index (χ0) is 13.8. The maximum absolute atomic E-state index is 13.7. The van der Waals surface area contributed by atoms with Crippen LogP contribution in [0, 0.1) is 5.82 Å². The number of rotatable bonds is 4. The molecule has 0 amide bonds. The van der Waals surface area contributed by atoms with Gasteiger partial charge in [-0.2, -0.15) is 0 Å². The normalized spacial score (nSPS) is 12.4. The molecule has 19 heavy (non-hydrogen) atoms. The molecule has 0 aliphatic carbocycles. The molecule has 0 fully saturated rings. The third-order valence-corrected chi connectivity index (χ3v) is 3.64. The van der Waals surface area contributed by atoms with E-state index in [0.717, 1.165) is 5.56 Å². The molecule has 0 aliphatic heterocycles. The van der Waals surface area contributed by atoms with Gasteiger partial charge in [0.1, 0.15) is 5.82 Å². The molecular formula is C15H14Cl2FN. The van der Waals surface area contributed by atoms with Crippen molar-refractivity contribution < 1.29 is 4.39 Å². The second-order valence-corrected chi connectivity index (χ2v) is 5.15. The van der Waals surface area contributed by atoms with Gasteiger partial charge in [0.25, 0.3) is 0 Å². The zero-order valence-electron chi connectivity index (χ0n) is 10.5. The van der Waals surface area contributed by atoms with E-state index in [9.17, 15) is 4.39 Å². The van der Waals surface area contributed by atoms with Crippen LogP contribution < -0.4 is 5.32 Å². The average molecular weight is 298 g/mol. The van der Waals surface area contributed by atoms with Crippen molar-refractivity contribution in [2.75, 3.05) is 7.05 Å². The highest BCUT2D eigenvalue weighted by Crippen LogP contribution is 2.28. The van der Waals surface area contributed by atoms with E-state index in [1.54, 1.807) is 24.3 Å². The van der Waals surface area contributed by atoms with Gasteiger partial charge in [-0.15, -0.1) is 0 Å². The highest BCUT2D eigenvalue weighted by molar-refractivity contribution is 6.33. The van der Waals surface area contributed by atoms with Crippen LogP contribution in [0.4, 0.5) is 4.39 Å². The summed E-state index contributed by atoms with van der Waals surface area (Å²) in [7, 11) is 1.82. The van der Waals surface area contributed by atoms with Gasteiger partial charge in [-0.05, 0) is 48.9 Å². The van der Waals surface area contributed by atoms with Crippen LogP contribution >= 0.6 is 23.2 Å². The predicted molar refractivity (Wildman–Crippen MR) is 78.4 cm³/mol. The van der Waals surface area contributed by atoms with Crippen molar-refractivity contribution in [1.29, 1.82) is 0 Å². The summed E-state index contributed by atoms with van der Waals surface area (Å²) in [4.78, 5) is 0. The summed E-state index contributed by atoms with van der Waals surface area (Å²) in [6.45, 7) is 0. The van der Waals surface area contributed by atoms with Crippen molar-refractivity contribution in [3.8, 4) is 0 Å². The van der Waals surface area contributed by atoms with Crippen LogP contribution in [0.25, 0.3) is 0 Å². The maximum Gasteiger partial charge on any atom is 0.126 e. The Labute approximate surface area is 122 Å². The second kappa shape index (κ2) is 6.38. The third-order valence-electron chi connectivity index (χ3n) is 3.06. The SMILES string of the molecule is CNC(Cc1ccccc1F)c1cc(Cl)ccc1Cl. The fourth-order valence-corrected chi connectivity index (χ4v) is 2.46. The average Bonchev–Trinajstić information content (AvgIpc) is 2.41. The Kier molecular flexibility index (Phi) is 4.81. The Hall–Kier alpha value is -1.09. The first-order valence-electron chi connectivity index (χ1n) is 5.97. The lowest BCUT2D eigenvalue weighted by molar-refractivity contribution is 0.554. The van der Waals surface area contributed by atoms with Crippen molar-refractivity contribution >= 4 is 23.2 Å². The summed E-state index contributed by atoms with van der Waals surface area (Å²) >= 11 is 12.2. The third kappa shape index (κ3) is 3.47. The molecule has 1 nitrogen and oxygen atoms in total. The molecule has 1 N–H and O–H groups in total. The molecule has 0 saturated carbocycles. The van der Waals surface area contributed by atoms with E-state index in [2.05, 4.69) is 5.32 Å². The highest BCUT2D eigenvalue weighted by atomic mass is 35.5. The van der Waals surface area contributed by atoms with Crippen molar-refractivity contribution in [2.45, 2.75) is 12.5 Å². The number of benzene rings is 2. The molecule has 0 saturated heterocycles. The van der Waals surface area contributed by atoms with Crippen molar-refractivity contribution in [3.63, 3.8) is 0 Å². The van der Waals surface area contributed by atoms with E-state index < -0.39 is 0 Å². The summed E-state index contributed by atoms with van der Waals surface area (Å²) < 4.78 is 13.7. The molecule has 1 atom stereocenters. The van der Waals surface area contributed by atoms with E-state index >= 15 is 0 Å². The lowest BCUT2D eigenvalue weighted by Crippen LogP contribution is -2.19. The molecule has 0 radical (unpaired) electrons. The standard InChI is InChI=1S/C15H14Cl2FN/c1-19-15(8-10-4-2-3-5-14(10)18)12-9-11(16)6-7-13(12)17/h2-7,9,15,19H,8H2,1H3. The Balaban J connectivity index is 2.30. The molecule has 1 unspecified atom stereocenters. The van der Waals surface area contributed by atoms with E-state index in [0.29, 0.717) is 22.0 Å². The summed E-state index contributed by atoms with van der Waals surface area (Å²) in [6.07, 6.45) is 0.517.